The Morgan fingerprint density at radius 1 is 1.55 bits per heavy atom. The Bertz CT molecular complexity index is 586. The van der Waals surface area contributed by atoms with Gasteiger partial charge in [0.1, 0.15) is 0 Å². The number of aromatic nitrogens is 1. The van der Waals surface area contributed by atoms with Gasteiger partial charge in [-0.3, -0.25) is 4.90 Å². The summed E-state index contributed by atoms with van der Waals surface area (Å²) in [5.41, 5.74) is 7.56. The number of rotatable bonds is 4. The number of thiazole rings is 1. The number of hydrogen-bond donors (Lipinski definition) is 2. The minimum Gasteiger partial charge on any atom is -0.399 e. The lowest BCUT2D eigenvalue weighted by Crippen LogP contribution is -2.45. The predicted molar refractivity (Wildman–Crippen MR) is 84.4 cm³/mol. The number of anilines is 2. The third-order valence-corrected chi connectivity index (χ3v) is 4.54. The molecule has 108 valence electrons. The van der Waals surface area contributed by atoms with Crippen LogP contribution >= 0.6 is 11.3 Å². The summed E-state index contributed by atoms with van der Waals surface area (Å²) >= 11 is 1.64. The zero-order chi connectivity index (χ0) is 13.9. The van der Waals surface area contributed by atoms with Crippen LogP contribution < -0.4 is 11.1 Å². The number of ether oxygens (including phenoxy) is 1. The Balaban J connectivity index is 1.62. The number of hydrogen-bond acceptors (Lipinski definition) is 6. The molecule has 2 aromatic rings. The van der Waals surface area contributed by atoms with Crippen LogP contribution in [-0.4, -0.2) is 48.8 Å². The van der Waals surface area contributed by atoms with Crippen LogP contribution in [0.1, 0.15) is 6.92 Å². The van der Waals surface area contributed by atoms with Gasteiger partial charge in [0.15, 0.2) is 5.13 Å². The van der Waals surface area contributed by atoms with Gasteiger partial charge in [-0.1, -0.05) is 18.3 Å². The van der Waals surface area contributed by atoms with Crippen molar-refractivity contribution in [2.75, 3.05) is 43.8 Å². The van der Waals surface area contributed by atoms with Crippen LogP contribution in [0.25, 0.3) is 10.2 Å². The Hall–Kier alpha value is -1.37. The molecule has 0 aliphatic carbocycles. The van der Waals surface area contributed by atoms with Gasteiger partial charge in [-0.15, -0.1) is 0 Å². The second kappa shape index (κ2) is 5.95. The van der Waals surface area contributed by atoms with Gasteiger partial charge in [-0.2, -0.15) is 0 Å². The van der Waals surface area contributed by atoms with Crippen LogP contribution in [-0.2, 0) is 4.74 Å². The Morgan fingerprint density at radius 3 is 3.30 bits per heavy atom. The first-order valence-corrected chi connectivity index (χ1v) is 7.80. The van der Waals surface area contributed by atoms with Crippen molar-refractivity contribution < 1.29 is 4.74 Å². The fourth-order valence-electron chi connectivity index (χ4n) is 2.41. The average Bonchev–Trinajstić information content (AvgIpc) is 2.87. The van der Waals surface area contributed by atoms with Crippen molar-refractivity contribution in [1.82, 2.24) is 9.88 Å². The monoisotopic (exact) mass is 292 g/mol. The predicted octanol–water partition coefficient (Wildman–Crippen LogP) is 2.01. The van der Waals surface area contributed by atoms with E-state index in [2.05, 4.69) is 22.1 Å². The van der Waals surface area contributed by atoms with Gasteiger partial charge in [-0.25, -0.2) is 4.98 Å². The molecule has 0 spiro atoms. The van der Waals surface area contributed by atoms with Crippen molar-refractivity contribution in [2.24, 2.45) is 0 Å². The van der Waals surface area contributed by atoms with Crippen molar-refractivity contribution in [3.05, 3.63) is 18.2 Å². The number of likely N-dealkylation sites (N-methyl/N-ethyl adjacent to an activating group) is 1. The van der Waals surface area contributed by atoms with Gasteiger partial charge in [0.25, 0.3) is 0 Å². The minimum atomic E-state index is 0.237. The molecule has 3 N–H and O–H groups in total. The number of nitrogens with two attached hydrogens (primary N) is 1. The number of fused-ring (bicyclic) bond motifs is 1. The SMILES string of the molecule is CCN1CCOC(CNc2nc3ccc(N)cc3s2)C1. The minimum absolute atomic E-state index is 0.237. The quantitative estimate of drug-likeness (QED) is 0.844. The highest BCUT2D eigenvalue weighted by Gasteiger charge is 2.19. The standard InChI is InChI=1S/C14H20N4OS/c1-2-18-5-6-19-11(9-18)8-16-14-17-12-4-3-10(15)7-13(12)20-14/h3-4,7,11H,2,5-6,8-9,15H2,1H3,(H,16,17). The summed E-state index contributed by atoms with van der Waals surface area (Å²) < 4.78 is 6.90. The Morgan fingerprint density at radius 2 is 2.45 bits per heavy atom. The number of morpholine rings is 1. The van der Waals surface area contributed by atoms with E-state index < -0.39 is 0 Å². The first kappa shape index (κ1) is 13.6. The molecule has 6 heteroatoms. The molecule has 1 saturated heterocycles. The molecule has 1 fully saturated rings. The lowest BCUT2D eigenvalue weighted by molar-refractivity contribution is -0.0191. The highest BCUT2D eigenvalue weighted by molar-refractivity contribution is 7.22. The van der Waals surface area contributed by atoms with E-state index in [0.29, 0.717) is 0 Å². The highest BCUT2D eigenvalue weighted by atomic mass is 32.1. The highest BCUT2D eigenvalue weighted by Crippen LogP contribution is 2.27. The van der Waals surface area contributed by atoms with Gasteiger partial charge in [-0.05, 0) is 24.7 Å². The van der Waals surface area contributed by atoms with E-state index in [1.165, 1.54) is 0 Å². The van der Waals surface area contributed by atoms with Crippen molar-refractivity contribution >= 4 is 32.4 Å². The van der Waals surface area contributed by atoms with E-state index in [0.717, 1.165) is 53.8 Å². The summed E-state index contributed by atoms with van der Waals surface area (Å²) in [4.78, 5) is 6.97. The third kappa shape index (κ3) is 3.03. The number of nitrogens with zero attached hydrogens (tertiary/aromatic N) is 2. The first-order valence-electron chi connectivity index (χ1n) is 6.98. The van der Waals surface area contributed by atoms with Gasteiger partial charge in [0, 0.05) is 25.3 Å². The molecule has 5 nitrogen and oxygen atoms in total. The van der Waals surface area contributed by atoms with Crippen LogP contribution in [0.5, 0.6) is 0 Å². The van der Waals surface area contributed by atoms with Crippen LogP contribution in [0.4, 0.5) is 10.8 Å². The van der Waals surface area contributed by atoms with Gasteiger partial charge < -0.3 is 15.8 Å². The molecular formula is C14H20N4OS. The Kier molecular flexibility index (Phi) is 4.05. The molecule has 0 saturated carbocycles. The molecular weight excluding hydrogens is 272 g/mol. The third-order valence-electron chi connectivity index (χ3n) is 3.56. The second-order valence-corrected chi connectivity index (χ2v) is 6.04. The summed E-state index contributed by atoms with van der Waals surface area (Å²) in [5, 5.41) is 4.32. The normalized spacial score (nSPS) is 20.4. The van der Waals surface area contributed by atoms with Gasteiger partial charge in [0.2, 0.25) is 0 Å². The van der Waals surface area contributed by atoms with Crippen molar-refractivity contribution in [2.45, 2.75) is 13.0 Å². The summed E-state index contributed by atoms with van der Waals surface area (Å²) in [6, 6.07) is 5.81. The fraction of sp³-hybridized carbons (Fsp3) is 0.500. The van der Waals surface area contributed by atoms with E-state index in [1.807, 2.05) is 18.2 Å². The number of benzene rings is 1. The van der Waals surface area contributed by atoms with Crippen molar-refractivity contribution in [3.63, 3.8) is 0 Å². The maximum Gasteiger partial charge on any atom is 0.183 e. The maximum atomic E-state index is 5.79. The second-order valence-electron chi connectivity index (χ2n) is 5.01. The lowest BCUT2D eigenvalue weighted by atomic mass is 10.2. The first-order chi connectivity index (χ1) is 9.74. The van der Waals surface area contributed by atoms with E-state index in [9.17, 15) is 0 Å². The topological polar surface area (TPSA) is 63.4 Å². The molecule has 0 bridgehead atoms. The van der Waals surface area contributed by atoms with Gasteiger partial charge in [0.05, 0.1) is 22.9 Å². The molecule has 0 amide bonds. The van der Waals surface area contributed by atoms with Crippen molar-refractivity contribution in [3.8, 4) is 0 Å². The largest absolute Gasteiger partial charge is 0.399 e. The average molecular weight is 292 g/mol. The van der Waals surface area contributed by atoms with Gasteiger partial charge >= 0.3 is 0 Å². The number of nitrogens with one attached hydrogen (secondary N) is 1. The molecule has 1 aliphatic heterocycles. The maximum absolute atomic E-state index is 5.79. The summed E-state index contributed by atoms with van der Waals surface area (Å²) in [6.07, 6.45) is 0.237. The Labute approximate surface area is 122 Å². The van der Waals surface area contributed by atoms with Crippen LogP contribution in [0.2, 0.25) is 0 Å². The zero-order valence-corrected chi connectivity index (χ0v) is 12.4. The zero-order valence-electron chi connectivity index (χ0n) is 11.6. The molecule has 1 aliphatic rings. The molecule has 1 unspecified atom stereocenters. The van der Waals surface area contributed by atoms with Crippen LogP contribution in [0.3, 0.4) is 0 Å². The lowest BCUT2D eigenvalue weighted by Gasteiger charge is -2.32. The fourth-order valence-corrected chi connectivity index (χ4v) is 3.33. The van der Waals surface area contributed by atoms with Crippen LogP contribution in [0, 0.1) is 0 Å². The van der Waals surface area contributed by atoms with E-state index in [-0.39, 0.29) is 6.10 Å². The molecule has 1 atom stereocenters. The molecule has 1 aromatic carbocycles. The van der Waals surface area contributed by atoms with Crippen LogP contribution in [0.15, 0.2) is 18.2 Å². The molecule has 3 rings (SSSR count). The summed E-state index contributed by atoms with van der Waals surface area (Å²) in [5.74, 6) is 0. The van der Waals surface area contributed by atoms with E-state index in [1.54, 1.807) is 11.3 Å². The summed E-state index contributed by atoms with van der Waals surface area (Å²) in [6.45, 7) is 6.91. The molecule has 20 heavy (non-hydrogen) atoms. The van der Waals surface area contributed by atoms with E-state index >= 15 is 0 Å². The smallest absolute Gasteiger partial charge is 0.183 e. The molecule has 0 radical (unpaired) electrons. The van der Waals surface area contributed by atoms with E-state index in [4.69, 9.17) is 10.5 Å². The number of nitrogen functional groups attached to an aromatic ring is 1. The molecule has 1 aromatic heterocycles. The van der Waals surface area contributed by atoms with Crippen molar-refractivity contribution in [1.29, 1.82) is 0 Å². The summed E-state index contributed by atoms with van der Waals surface area (Å²) in [7, 11) is 0. The molecule has 2 heterocycles.